The molecule has 3 atom stereocenters. The van der Waals surface area contributed by atoms with Crippen LogP contribution in [0.15, 0.2) is 36.4 Å². The summed E-state index contributed by atoms with van der Waals surface area (Å²) in [7, 11) is -3.33. The van der Waals surface area contributed by atoms with Crippen LogP contribution < -0.4 is 9.62 Å². The summed E-state index contributed by atoms with van der Waals surface area (Å²) < 4.78 is 26.4. The molecule has 3 aliphatic rings. The van der Waals surface area contributed by atoms with Crippen LogP contribution in [0.1, 0.15) is 99.2 Å². The Morgan fingerprint density at radius 2 is 1.89 bits per heavy atom. The van der Waals surface area contributed by atoms with Gasteiger partial charge in [-0.15, -0.1) is 0 Å². The van der Waals surface area contributed by atoms with Crippen LogP contribution in [0.4, 0.5) is 5.69 Å². The SMILES string of the molecule is CC(C)c1ccc2c(c1)CC[C@H]1[C@](C)(CNC(=O)c3ccc(N4CCCCS4(=O)=O)cc3Cl)CCC[C@]21C. The molecule has 1 aliphatic heterocycles. The van der Waals surface area contributed by atoms with Gasteiger partial charge in [-0.1, -0.05) is 63.9 Å². The zero-order chi connectivity index (χ0) is 27.3. The van der Waals surface area contributed by atoms with Gasteiger partial charge in [-0.05, 0) is 96.1 Å². The van der Waals surface area contributed by atoms with E-state index in [-0.39, 0.29) is 27.5 Å². The number of sulfonamides is 1. The van der Waals surface area contributed by atoms with Crippen molar-refractivity contribution in [2.75, 3.05) is 23.1 Å². The zero-order valence-electron chi connectivity index (χ0n) is 23.1. The molecule has 1 saturated heterocycles. The summed E-state index contributed by atoms with van der Waals surface area (Å²) in [6, 6.07) is 12.1. The van der Waals surface area contributed by atoms with E-state index in [1.807, 2.05) is 0 Å². The Morgan fingerprint density at radius 3 is 2.61 bits per heavy atom. The first-order valence-electron chi connectivity index (χ1n) is 14.2. The number of amides is 1. The molecule has 0 unspecified atom stereocenters. The molecular formula is C31H41ClN2O3S. The highest BCUT2D eigenvalue weighted by Gasteiger charge is 2.51. The Bertz CT molecular complexity index is 1340. The quantitative estimate of drug-likeness (QED) is 0.438. The summed E-state index contributed by atoms with van der Waals surface area (Å²) in [5, 5.41) is 3.49. The second-order valence-electron chi connectivity index (χ2n) is 12.5. The number of carbonyl (C=O) groups excluding carboxylic acids is 1. The Kier molecular flexibility index (Phi) is 7.36. The number of benzene rings is 2. The molecule has 0 radical (unpaired) electrons. The van der Waals surface area contributed by atoms with E-state index < -0.39 is 10.0 Å². The van der Waals surface area contributed by atoms with Gasteiger partial charge in [0.05, 0.1) is 22.0 Å². The van der Waals surface area contributed by atoms with Gasteiger partial charge in [-0.25, -0.2) is 8.42 Å². The van der Waals surface area contributed by atoms with E-state index in [2.05, 4.69) is 51.2 Å². The van der Waals surface area contributed by atoms with Crippen LogP contribution >= 0.6 is 11.6 Å². The fraction of sp³-hybridized carbons (Fsp3) is 0.581. The molecule has 2 aromatic carbocycles. The lowest BCUT2D eigenvalue weighted by molar-refractivity contribution is 0.0254. The maximum atomic E-state index is 13.3. The first kappa shape index (κ1) is 27.5. The number of nitrogens with one attached hydrogen (secondary N) is 1. The van der Waals surface area contributed by atoms with Gasteiger partial charge in [0, 0.05) is 13.1 Å². The number of hydrogen-bond donors (Lipinski definition) is 1. The molecule has 2 fully saturated rings. The van der Waals surface area contributed by atoms with Gasteiger partial charge >= 0.3 is 0 Å². The third kappa shape index (κ3) is 4.88. The van der Waals surface area contributed by atoms with Crippen molar-refractivity contribution in [3.63, 3.8) is 0 Å². The van der Waals surface area contributed by atoms with Crippen molar-refractivity contribution in [2.45, 2.75) is 84.0 Å². The van der Waals surface area contributed by atoms with Crippen molar-refractivity contribution < 1.29 is 13.2 Å². The summed E-state index contributed by atoms with van der Waals surface area (Å²) >= 11 is 6.53. The van der Waals surface area contributed by atoms with E-state index in [1.54, 1.807) is 18.2 Å². The van der Waals surface area contributed by atoms with Crippen LogP contribution in [-0.2, 0) is 21.9 Å². The lowest BCUT2D eigenvalue weighted by Gasteiger charge is -2.55. The van der Waals surface area contributed by atoms with Gasteiger partial charge in [0.1, 0.15) is 0 Å². The lowest BCUT2D eigenvalue weighted by Crippen LogP contribution is -2.53. The molecule has 5 nitrogen and oxygen atoms in total. The van der Waals surface area contributed by atoms with Crippen LogP contribution in [0, 0.1) is 11.3 Å². The fourth-order valence-corrected chi connectivity index (χ4v) is 9.41. The number of halogens is 1. The molecule has 1 amide bonds. The first-order valence-corrected chi connectivity index (χ1v) is 16.1. The van der Waals surface area contributed by atoms with Crippen LogP contribution in [0.3, 0.4) is 0 Å². The molecule has 0 spiro atoms. The van der Waals surface area contributed by atoms with E-state index >= 15 is 0 Å². The Hall–Kier alpha value is -2.05. The van der Waals surface area contributed by atoms with Gasteiger partial charge in [0.15, 0.2) is 0 Å². The zero-order valence-corrected chi connectivity index (χ0v) is 24.7. The van der Waals surface area contributed by atoms with E-state index in [9.17, 15) is 13.2 Å². The van der Waals surface area contributed by atoms with Crippen molar-refractivity contribution >= 4 is 33.2 Å². The Balaban J connectivity index is 1.32. The van der Waals surface area contributed by atoms with E-state index in [1.165, 1.54) is 27.4 Å². The largest absolute Gasteiger partial charge is 0.351 e. The standard InChI is InChI=1S/C31H41ClN2O3S/c1-21(2)22-8-12-26-23(18-22)9-13-28-30(3,14-7-15-31(26,28)4)20-33-29(35)25-11-10-24(19-27(25)32)34-16-5-6-17-38(34,36)37/h8,10-12,18-19,21,28H,5-7,9,13-17,20H2,1-4H3,(H,33,35)/t28-,30-,31+/m0/s1. The van der Waals surface area contributed by atoms with Crippen LogP contribution in [0.5, 0.6) is 0 Å². The third-order valence-corrected chi connectivity index (χ3v) is 11.8. The van der Waals surface area contributed by atoms with Gasteiger partial charge in [0.25, 0.3) is 5.91 Å². The van der Waals surface area contributed by atoms with E-state index in [4.69, 9.17) is 11.6 Å². The van der Waals surface area contributed by atoms with Gasteiger partial charge in [-0.3, -0.25) is 9.10 Å². The number of anilines is 1. The maximum absolute atomic E-state index is 13.3. The lowest BCUT2D eigenvalue weighted by atomic mass is 9.49. The number of hydrogen-bond acceptors (Lipinski definition) is 3. The monoisotopic (exact) mass is 556 g/mol. The minimum atomic E-state index is -3.33. The minimum absolute atomic E-state index is 0.00857. The summed E-state index contributed by atoms with van der Waals surface area (Å²) in [6.45, 7) is 10.3. The summed E-state index contributed by atoms with van der Waals surface area (Å²) in [4.78, 5) is 13.3. The smallest absolute Gasteiger partial charge is 0.252 e. The molecule has 1 N–H and O–H groups in total. The van der Waals surface area contributed by atoms with Crippen molar-refractivity contribution in [3.05, 3.63) is 63.7 Å². The Labute approximate surface area is 233 Å². The van der Waals surface area contributed by atoms with Crippen LogP contribution in [0.2, 0.25) is 5.02 Å². The molecule has 0 bridgehead atoms. The molecular weight excluding hydrogens is 516 g/mol. The number of fused-ring (bicyclic) bond motifs is 3. The summed E-state index contributed by atoms with van der Waals surface area (Å²) in [5.74, 6) is 0.968. The summed E-state index contributed by atoms with van der Waals surface area (Å²) in [5.41, 5.74) is 5.45. The molecule has 7 heteroatoms. The van der Waals surface area contributed by atoms with Crippen LogP contribution in [0.25, 0.3) is 0 Å². The highest BCUT2D eigenvalue weighted by molar-refractivity contribution is 7.92. The number of rotatable bonds is 5. The Morgan fingerprint density at radius 1 is 1.11 bits per heavy atom. The molecule has 0 aromatic heterocycles. The van der Waals surface area contributed by atoms with Crippen molar-refractivity contribution in [1.29, 1.82) is 0 Å². The molecule has 38 heavy (non-hydrogen) atoms. The molecule has 2 aromatic rings. The first-order chi connectivity index (χ1) is 17.9. The highest BCUT2D eigenvalue weighted by atomic mass is 35.5. The molecule has 206 valence electrons. The van der Waals surface area contributed by atoms with Crippen molar-refractivity contribution in [2.24, 2.45) is 11.3 Å². The molecule has 1 heterocycles. The average molecular weight is 557 g/mol. The maximum Gasteiger partial charge on any atom is 0.252 e. The predicted octanol–water partition coefficient (Wildman–Crippen LogP) is 6.83. The number of aryl methyl sites for hydroxylation is 1. The van der Waals surface area contributed by atoms with Crippen molar-refractivity contribution in [3.8, 4) is 0 Å². The second kappa shape index (κ2) is 10.2. The van der Waals surface area contributed by atoms with Gasteiger partial charge < -0.3 is 5.32 Å². The summed E-state index contributed by atoms with van der Waals surface area (Å²) in [6.07, 6.45) is 7.14. The number of carbonyl (C=O) groups is 1. The normalized spacial score (nSPS) is 28.5. The predicted molar refractivity (Wildman–Crippen MR) is 156 cm³/mol. The van der Waals surface area contributed by atoms with Gasteiger partial charge in [0.2, 0.25) is 10.0 Å². The minimum Gasteiger partial charge on any atom is -0.351 e. The van der Waals surface area contributed by atoms with E-state index in [0.29, 0.717) is 42.6 Å². The van der Waals surface area contributed by atoms with Crippen LogP contribution in [-0.4, -0.2) is 33.2 Å². The third-order valence-electron chi connectivity index (χ3n) is 9.66. The van der Waals surface area contributed by atoms with E-state index in [0.717, 1.165) is 32.1 Å². The number of nitrogens with zero attached hydrogens (tertiary/aromatic N) is 1. The average Bonchev–Trinajstić information content (AvgIpc) is 2.86. The molecule has 2 aliphatic carbocycles. The molecule has 5 rings (SSSR count). The van der Waals surface area contributed by atoms with Crippen molar-refractivity contribution in [1.82, 2.24) is 5.32 Å². The molecule has 1 saturated carbocycles. The second-order valence-corrected chi connectivity index (χ2v) is 14.9. The highest BCUT2D eigenvalue weighted by Crippen LogP contribution is 2.57. The topological polar surface area (TPSA) is 66.5 Å². The fourth-order valence-electron chi connectivity index (χ4n) is 7.51. The van der Waals surface area contributed by atoms with Gasteiger partial charge in [-0.2, -0.15) is 0 Å².